The highest BCUT2D eigenvalue weighted by molar-refractivity contribution is 5.91. The lowest BCUT2D eigenvalue weighted by atomic mass is 10.0. The van der Waals surface area contributed by atoms with Crippen molar-refractivity contribution in [3.63, 3.8) is 0 Å². The fourth-order valence-electron chi connectivity index (χ4n) is 3.13. The monoisotopic (exact) mass is 343 g/mol. The minimum Gasteiger partial charge on any atom is -0.497 e. The summed E-state index contributed by atoms with van der Waals surface area (Å²) in [7, 11) is 2.94. The zero-order valence-corrected chi connectivity index (χ0v) is 14.4. The molecular weight excluding hydrogens is 322 g/mol. The van der Waals surface area contributed by atoms with Crippen LogP contribution in [-0.2, 0) is 28.9 Å². The lowest BCUT2D eigenvalue weighted by Gasteiger charge is -2.17. The minimum absolute atomic E-state index is 0.211. The molecule has 0 amide bonds. The third kappa shape index (κ3) is 3.58. The zero-order chi connectivity index (χ0) is 17.8. The Morgan fingerprint density at radius 2 is 1.88 bits per heavy atom. The number of esters is 1. The molecule has 1 aromatic heterocycles. The summed E-state index contributed by atoms with van der Waals surface area (Å²) >= 11 is 0. The van der Waals surface area contributed by atoms with Crippen LogP contribution in [-0.4, -0.2) is 38.0 Å². The molecule has 0 aliphatic carbocycles. The molecule has 2 aromatic rings. The van der Waals surface area contributed by atoms with Crippen LogP contribution in [0.1, 0.15) is 27.2 Å². The number of hydrogen-bond donors (Lipinski definition) is 0. The van der Waals surface area contributed by atoms with Crippen molar-refractivity contribution in [1.29, 1.82) is 0 Å². The van der Waals surface area contributed by atoms with Crippen LogP contribution in [0, 0.1) is 0 Å². The number of fused-ring (bicyclic) bond motifs is 1. The molecule has 6 nitrogen and oxygen atoms in total. The zero-order valence-electron chi connectivity index (χ0n) is 14.4. The van der Waals surface area contributed by atoms with Crippen LogP contribution in [0.5, 0.6) is 5.75 Å². The van der Waals surface area contributed by atoms with Gasteiger partial charge in [-0.05, 0) is 29.7 Å². The van der Waals surface area contributed by atoms with E-state index >= 15 is 0 Å². The Hall–Kier alpha value is -2.60. The van der Waals surface area contributed by atoms with Crippen molar-refractivity contribution in [3.8, 4) is 5.75 Å². The maximum atomic E-state index is 12.7. The van der Waals surface area contributed by atoms with Gasteiger partial charge in [-0.3, -0.25) is 4.79 Å². The first kappa shape index (κ1) is 17.2. The van der Waals surface area contributed by atoms with Crippen molar-refractivity contribution in [2.24, 2.45) is 0 Å². The summed E-state index contributed by atoms with van der Waals surface area (Å²) in [5, 5.41) is 0. The molecule has 2 heterocycles. The van der Waals surface area contributed by atoms with Gasteiger partial charge in [0.05, 0.1) is 39.5 Å². The van der Waals surface area contributed by atoms with E-state index in [9.17, 15) is 9.59 Å². The Balaban J connectivity index is 2.06. The lowest BCUT2D eigenvalue weighted by Crippen LogP contribution is -2.28. The van der Waals surface area contributed by atoms with Crippen molar-refractivity contribution >= 4 is 5.97 Å². The molecule has 25 heavy (non-hydrogen) atoms. The van der Waals surface area contributed by atoms with Crippen LogP contribution in [0.15, 0.2) is 35.1 Å². The Morgan fingerprint density at radius 1 is 1.16 bits per heavy atom. The second-order valence-electron chi connectivity index (χ2n) is 5.86. The van der Waals surface area contributed by atoms with Crippen molar-refractivity contribution in [2.75, 3.05) is 27.4 Å². The number of rotatable bonds is 4. The summed E-state index contributed by atoms with van der Waals surface area (Å²) in [6.07, 6.45) is 1.17. The van der Waals surface area contributed by atoms with Gasteiger partial charge in [-0.15, -0.1) is 0 Å². The summed E-state index contributed by atoms with van der Waals surface area (Å²) in [6.45, 7) is 1.49. The predicted octanol–water partition coefficient (Wildman–Crippen LogP) is 1.81. The van der Waals surface area contributed by atoms with Gasteiger partial charge in [0.25, 0.3) is 5.56 Å². The molecule has 132 valence electrons. The summed E-state index contributed by atoms with van der Waals surface area (Å²) in [6, 6.07) is 8.97. The first-order valence-electron chi connectivity index (χ1n) is 8.18. The van der Waals surface area contributed by atoms with E-state index in [1.165, 1.54) is 13.2 Å². The smallest absolute Gasteiger partial charge is 0.338 e. The number of methoxy groups -OCH3 is 2. The topological polar surface area (TPSA) is 66.8 Å². The molecule has 0 fully saturated rings. The second kappa shape index (κ2) is 7.53. The fraction of sp³-hybridized carbons (Fsp3) is 0.368. The van der Waals surface area contributed by atoms with Crippen LogP contribution in [0.4, 0.5) is 0 Å². The number of carbonyl (C=O) groups is 1. The molecule has 0 saturated heterocycles. The first-order chi connectivity index (χ1) is 12.1. The van der Waals surface area contributed by atoms with Crippen LogP contribution in [0.25, 0.3) is 0 Å². The van der Waals surface area contributed by atoms with Crippen molar-refractivity contribution in [2.45, 2.75) is 19.4 Å². The van der Waals surface area contributed by atoms with E-state index in [0.29, 0.717) is 38.2 Å². The number of benzene rings is 1. The van der Waals surface area contributed by atoms with Crippen molar-refractivity contribution in [1.82, 2.24) is 4.57 Å². The van der Waals surface area contributed by atoms with Gasteiger partial charge in [-0.1, -0.05) is 12.1 Å². The minimum atomic E-state index is -0.480. The number of nitrogens with zero attached hydrogens (tertiary/aromatic N) is 1. The van der Waals surface area contributed by atoms with Crippen LogP contribution in [0.2, 0.25) is 0 Å². The highest BCUT2D eigenvalue weighted by atomic mass is 16.5. The number of hydrogen-bond acceptors (Lipinski definition) is 5. The molecule has 1 aliphatic rings. The van der Waals surface area contributed by atoms with E-state index in [2.05, 4.69) is 0 Å². The Morgan fingerprint density at radius 3 is 2.56 bits per heavy atom. The maximum Gasteiger partial charge on any atom is 0.338 e. The van der Waals surface area contributed by atoms with Gasteiger partial charge in [0, 0.05) is 18.2 Å². The maximum absolute atomic E-state index is 12.7. The van der Waals surface area contributed by atoms with Crippen LogP contribution < -0.4 is 10.3 Å². The van der Waals surface area contributed by atoms with E-state index in [4.69, 9.17) is 14.2 Å². The van der Waals surface area contributed by atoms with Gasteiger partial charge in [-0.25, -0.2) is 4.79 Å². The molecule has 0 bridgehead atoms. The van der Waals surface area contributed by atoms with Gasteiger partial charge < -0.3 is 18.8 Å². The van der Waals surface area contributed by atoms with Gasteiger partial charge in [0.2, 0.25) is 0 Å². The molecule has 3 rings (SSSR count). The summed E-state index contributed by atoms with van der Waals surface area (Å²) in [5.74, 6) is 0.288. The molecule has 6 heteroatoms. The Kier molecular flexibility index (Phi) is 5.19. The van der Waals surface area contributed by atoms with Crippen LogP contribution >= 0.6 is 0 Å². The fourth-order valence-corrected chi connectivity index (χ4v) is 3.13. The molecule has 0 atom stereocenters. The molecule has 0 N–H and O–H groups in total. The molecule has 0 unspecified atom stereocenters. The van der Waals surface area contributed by atoms with Gasteiger partial charge in [-0.2, -0.15) is 0 Å². The van der Waals surface area contributed by atoms with E-state index in [1.54, 1.807) is 11.7 Å². The number of ether oxygens (including phenoxy) is 3. The van der Waals surface area contributed by atoms with E-state index in [0.717, 1.165) is 22.6 Å². The molecule has 1 aliphatic heterocycles. The number of aromatic nitrogens is 1. The average molecular weight is 343 g/mol. The number of carbonyl (C=O) groups excluding carboxylic acids is 1. The molecule has 1 aromatic carbocycles. The van der Waals surface area contributed by atoms with Crippen LogP contribution in [0.3, 0.4) is 0 Å². The van der Waals surface area contributed by atoms with Gasteiger partial charge in [0.15, 0.2) is 0 Å². The van der Waals surface area contributed by atoms with Gasteiger partial charge in [0.1, 0.15) is 5.75 Å². The van der Waals surface area contributed by atoms with E-state index in [1.807, 2.05) is 24.3 Å². The third-order valence-electron chi connectivity index (χ3n) is 4.42. The lowest BCUT2D eigenvalue weighted by molar-refractivity contribution is 0.0598. The normalized spacial score (nSPS) is 13.7. The predicted molar refractivity (Wildman–Crippen MR) is 92.4 cm³/mol. The van der Waals surface area contributed by atoms with E-state index in [-0.39, 0.29) is 5.56 Å². The van der Waals surface area contributed by atoms with Gasteiger partial charge >= 0.3 is 5.97 Å². The average Bonchev–Trinajstić information content (AvgIpc) is 2.89. The first-order valence-corrected chi connectivity index (χ1v) is 8.18. The molecule has 0 radical (unpaired) electrons. The van der Waals surface area contributed by atoms with E-state index < -0.39 is 5.97 Å². The highest BCUT2D eigenvalue weighted by Crippen LogP contribution is 2.20. The Bertz CT molecular complexity index is 823. The third-order valence-corrected chi connectivity index (χ3v) is 4.42. The SMILES string of the molecule is COC(=O)c1cc(=O)n(Cc2ccc(OC)cc2)c2c1CCOCC2. The summed E-state index contributed by atoms with van der Waals surface area (Å²) in [4.78, 5) is 24.7. The molecular formula is C19H21NO5. The standard InChI is InChI=1S/C19H21NO5/c1-23-14-5-3-13(4-6-14)12-20-17-8-10-25-9-7-15(17)16(11-18(20)21)19(22)24-2/h3-6,11H,7-10,12H2,1-2H3. The molecule has 0 spiro atoms. The molecule has 0 saturated carbocycles. The second-order valence-corrected chi connectivity index (χ2v) is 5.86. The largest absolute Gasteiger partial charge is 0.497 e. The van der Waals surface area contributed by atoms with Crippen molar-refractivity contribution in [3.05, 3.63) is 63.1 Å². The summed E-state index contributed by atoms with van der Waals surface area (Å²) < 4.78 is 17.3. The number of pyridine rings is 1. The van der Waals surface area contributed by atoms with Crippen molar-refractivity contribution < 1.29 is 19.0 Å². The quantitative estimate of drug-likeness (QED) is 0.792. The Labute approximate surface area is 145 Å². The summed E-state index contributed by atoms with van der Waals surface area (Å²) in [5.41, 5.74) is 2.82. The highest BCUT2D eigenvalue weighted by Gasteiger charge is 2.22.